The van der Waals surface area contributed by atoms with E-state index in [1.54, 1.807) is 6.20 Å². The number of ether oxygens (including phenoxy) is 1. The molecule has 1 aromatic heterocycles. The molecule has 0 aliphatic carbocycles. The van der Waals surface area contributed by atoms with Crippen LogP contribution in [0.3, 0.4) is 0 Å². The number of nitrogens with zero attached hydrogens (tertiary/aromatic N) is 2. The number of aromatic nitrogens is 2. The van der Waals surface area contributed by atoms with Crippen molar-refractivity contribution < 1.29 is 9.53 Å². The molecule has 0 amide bonds. The summed E-state index contributed by atoms with van der Waals surface area (Å²) in [4.78, 5) is 16.9. The first-order valence-corrected chi connectivity index (χ1v) is 7.04. The molecule has 0 saturated heterocycles. The van der Waals surface area contributed by atoms with Crippen molar-refractivity contribution in [3.8, 4) is 5.75 Å². The van der Waals surface area contributed by atoms with Crippen LogP contribution in [0.5, 0.6) is 5.75 Å². The Labute approximate surface area is 118 Å². The second kappa shape index (κ2) is 5.49. The van der Waals surface area contributed by atoms with Crippen molar-refractivity contribution in [3.05, 3.63) is 48.0 Å². The minimum atomic E-state index is -0.0676. The van der Waals surface area contributed by atoms with Gasteiger partial charge in [0.05, 0.1) is 18.9 Å². The monoisotopic (exact) mass is 270 g/mol. The van der Waals surface area contributed by atoms with Gasteiger partial charge in [-0.05, 0) is 19.4 Å². The van der Waals surface area contributed by atoms with Crippen molar-refractivity contribution in [1.29, 1.82) is 0 Å². The molecule has 0 bridgehead atoms. The third kappa shape index (κ3) is 2.33. The van der Waals surface area contributed by atoms with Crippen molar-refractivity contribution in [3.63, 3.8) is 0 Å². The van der Waals surface area contributed by atoms with Crippen molar-refractivity contribution >= 4 is 5.78 Å². The molecule has 0 spiro atoms. The van der Waals surface area contributed by atoms with Gasteiger partial charge >= 0.3 is 0 Å². The number of carbonyl (C=O) groups excluding carboxylic acids is 1. The van der Waals surface area contributed by atoms with E-state index in [0.717, 1.165) is 30.1 Å². The Bertz CT molecular complexity index is 618. The average molecular weight is 270 g/mol. The predicted octanol–water partition coefficient (Wildman–Crippen LogP) is 2.58. The second-order valence-corrected chi connectivity index (χ2v) is 5.00. The molecule has 0 saturated carbocycles. The Morgan fingerprint density at radius 2 is 2.30 bits per heavy atom. The third-order valence-electron chi connectivity index (χ3n) is 3.82. The molecule has 0 N–H and O–H groups in total. The molecule has 0 fully saturated rings. The number of benzene rings is 1. The molecule has 104 valence electrons. The van der Waals surface area contributed by atoms with Gasteiger partial charge in [0.25, 0.3) is 0 Å². The number of fused-ring (bicyclic) bond motifs is 1. The van der Waals surface area contributed by atoms with E-state index in [1.807, 2.05) is 35.0 Å². The van der Waals surface area contributed by atoms with E-state index in [-0.39, 0.29) is 11.7 Å². The van der Waals surface area contributed by atoms with Gasteiger partial charge in [-0.15, -0.1) is 0 Å². The van der Waals surface area contributed by atoms with Gasteiger partial charge in [0.15, 0.2) is 0 Å². The number of ketones is 1. The summed E-state index contributed by atoms with van der Waals surface area (Å²) in [5, 5.41) is 0. The predicted molar refractivity (Wildman–Crippen MR) is 75.9 cm³/mol. The van der Waals surface area contributed by atoms with Gasteiger partial charge in [0.2, 0.25) is 0 Å². The first kappa shape index (κ1) is 12.9. The van der Waals surface area contributed by atoms with Crippen LogP contribution in [0.1, 0.15) is 30.7 Å². The molecule has 2 heterocycles. The molecule has 1 atom stereocenters. The zero-order valence-electron chi connectivity index (χ0n) is 11.6. The number of rotatable bonds is 4. The molecular weight excluding hydrogens is 252 g/mol. The number of carbonyl (C=O) groups is 1. The van der Waals surface area contributed by atoms with Gasteiger partial charge in [-0.3, -0.25) is 4.79 Å². The Morgan fingerprint density at radius 1 is 1.45 bits per heavy atom. The number of Topliss-reactive ketones (excluding diaryl/α,β-unsaturated/α-hetero) is 1. The molecule has 1 unspecified atom stereocenters. The zero-order chi connectivity index (χ0) is 13.9. The Hall–Kier alpha value is -2.10. The van der Waals surface area contributed by atoms with Crippen molar-refractivity contribution in [1.82, 2.24) is 9.55 Å². The van der Waals surface area contributed by atoms with Crippen LogP contribution in [0.25, 0.3) is 0 Å². The lowest BCUT2D eigenvalue weighted by molar-refractivity contribution is -0.120. The Morgan fingerprint density at radius 3 is 3.15 bits per heavy atom. The maximum atomic E-state index is 12.6. The maximum absolute atomic E-state index is 12.6. The molecule has 1 aromatic carbocycles. The average Bonchev–Trinajstić information content (AvgIpc) is 2.93. The molecule has 1 aliphatic rings. The molecule has 3 rings (SSSR count). The van der Waals surface area contributed by atoms with E-state index in [2.05, 4.69) is 11.9 Å². The van der Waals surface area contributed by atoms with Gasteiger partial charge in [0, 0.05) is 24.5 Å². The molecule has 0 radical (unpaired) electrons. The largest absolute Gasteiger partial charge is 0.493 e. The third-order valence-corrected chi connectivity index (χ3v) is 3.82. The summed E-state index contributed by atoms with van der Waals surface area (Å²) in [5.41, 5.74) is 1.01. The Balaban J connectivity index is 1.82. The lowest BCUT2D eigenvalue weighted by Gasteiger charge is -2.24. The van der Waals surface area contributed by atoms with Gasteiger partial charge in [-0.25, -0.2) is 4.98 Å². The van der Waals surface area contributed by atoms with Crippen molar-refractivity contribution in [2.45, 2.75) is 32.2 Å². The molecule has 4 nitrogen and oxygen atoms in total. The smallest absolute Gasteiger partial charge is 0.148 e. The number of hydrogen-bond acceptors (Lipinski definition) is 3. The summed E-state index contributed by atoms with van der Waals surface area (Å²) in [7, 11) is 0. The molecular formula is C16H18N2O2. The lowest BCUT2D eigenvalue weighted by atomic mass is 9.88. The first-order chi connectivity index (χ1) is 9.79. The van der Waals surface area contributed by atoms with E-state index < -0.39 is 0 Å². The van der Waals surface area contributed by atoms with Gasteiger partial charge in [-0.1, -0.05) is 18.2 Å². The van der Waals surface area contributed by atoms with Crippen molar-refractivity contribution in [2.24, 2.45) is 0 Å². The fraction of sp³-hybridized carbons (Fsp3) is 0.375. The first-order valence-electron chi connectivity index (χ1n) is 7.04. The summed E-state index contributed by atoms with van der Waals surface area (Å²) in [6.45, 7) is 3.50. The summed E-state index contributed by atoms with van der Waals surface area (Å²) < 4.78 is 7.63. The molecule has 1 aliphatic heterocycles. The quantitative estimate of drug-likeness (QED) is 0.857. The number of para-hydroxylation sites is 1. The van der Waals surface area contributed by atoms with Crippen LogP contribution in [0.4, 0.5) is 0 Å². The molecule has 20 heavy (non-hydrogen) atoms. The van der Waals surface area contributed by atoms with Gasteiger partial charge in [0.1, 0.15) is 17.4 Å². The van der Waals surface area contributed by atoms with Crippen LogP contribution in [-0.2, 0) is 17.8 Å². The Kier molecular flexibility index (Phi) is 3.54. The van der Waals surface area contributed by atoms with Crippen LogP contribution >= 0.6 is 0 Å². The SMILES string of the molecule is CCn1ccnc1CC(=O)C1CCOc2ccccc21. The zero-order valence-corrected chi connectivity index (χ0v) is 11.6. The molecule has 4 heteroatoms. The highest BCUT2D eigenvalue weighted by atomic mass is 16.5. The highest BCUT2D eigenvalue weighted by molar-refractivity contribution is 5.88. The van der Waals surface area contributed by atoms with Crippen LogP contribution in [0, 0.1) is 0 Å². The van der Waals surface area contributed by atoms with E-state index in [1.165, 1.54) is 0 Å². The fourth-order valence-corrected chi connectivity index (χ4v) is 2.75. The van der Waals surface area contributed by atoms with E-state index >= 15 is 0 Å². The minimum Gasteiger partial charge on any atom is -0.493 e. The highest BCUT2D eigenvalue weighted by Crippen LogP contribution is 2.34. The lowest BCUT2D eigenvalue weighted by Crippen LogP contribution is -2.23. The molecule has 2 aromatic rings. The summed E-state index contributed by atoms with van der Waals surface area (Å²) in [5.74, 6) is 1.85. The van der Waals surface area contributed by atoms with E-state index in [4.69, 9.17) is 4.74 Å². The summed E-state index contributed by atoms with van der Waals surface area (Å²) in [6.07, 6.45) is 4.81. The maximum Gasteiger partial charge on any atom is 0.148 e. The highest BCUT2D eigenvalue weighted by Gasteiger charge is 2.27. The van der Waals surface area contributed by atoms with E-state index in [9.17, 15) is 4.79 Å². The van der Waals surface area contributed by atoms with Crippen LogP contribution in [0.15, 0.2) is 36.7 Å². The van der Waals surface area contributed by atoms with Crippen LogP contribution in [-0.4, -0.2) is 21.9 Å². The summed E-state index contributed by atoms with van der Waals surface area (Å²) in [6, 6.07) is 7.82. The van der Waals surface area contributed by atoms with Crippen molar-refractivity contribution in [2.75, 3.05) is 6.61 Å². The minimum absolute atomic E-state index is 0.0676. The topological polar surface area (TPSA) is 44.1 Å². The second-order valence-electron chi connectivity index (χ2n) is 5.00. The van der Waals surface area contributed by atoms with E-state index in [0.29, 0.717) is 13.0 Å². The van der Waals surface area contributed by atoms with Crippen LogP contribution < -0.4 is 4.74 Å². The van der Waals surface area contributed by atoms with Gasteiger partial charge in [-0.2, -0.15) is 0 Å². The number of imidazole rings is 1. The summed E-state index contributed by atoms with van der Waals surface area (Å²) >= 11 is 0. The fourth-order valence-electron chi connectivity index (χ4n) is 2.75. The number of aryl methyl sites for hydroxylation is 1. The standard InChI is InChI=1S/C16H18N2O2/c1-2-18-9-8-17-16(18)11-14(19)12-7-10-20-15-6-4-3-5-13(12)15/h3-6,8-9,12H,2,7,10-11H2,1H3. The van der Waals surface area contributed by atoms with Crippen LogP contribution in [0.2, 0.25) is 0 Å². The normalized spacial score (nSPS) is 17.4. The van der Waals surface area contributed by atoms with Gasteiger partial charge < -0.3 is 9.30 Å². The number of hydrogen-bond donors (Lipinski definition) is 0.